The molecule has 0 aliphatic heterocycles. The Balaban J connectivity index is 2.51. The first-order valence-corrected chi connectivity index (χ1v) is 7.54. The number of hydrogen-bond acceptors (Lipinski definition) is 4. The Morgan fingerprint density at radius 2 is 1.89 bits per heavy atom. The average Bonchev–Trinajstić information content (AvgIpc) is 2.33. The SMILES string of the molecule is CC(C)[C@@]1(O)CC[C@](C)(N=S)[C@@H]2CC[C@](C)(O)C=C21. The van der Waals surface area contributed by atoms with Crippen LogP contribution in [-0.2, 0) is 12.4 Å². The van der Waals surface area contributed by atoms with Crippen molar-refractivity contribution in [2.75, 3.05) is 0 Å². The molecular weight excluding hydrogens is 258 g/mol. The fourth-order valence-corrected chi connectivity index (χ4v) is 3.88. The monoisotopic (exact) mass is 283 g/mol. The molecule has 0 saturated heterocycles. The zero-order valence-corrected chi connectivity index (χ0v) is 13.1. The van der Waals surface area contributed by atoms with Crippen LogP contribution in [0.1, 0.15) is 53.4 Å². The maximum Gasteiger partial charge on any atom is 0.0885 e. The molecule has 2 N–H and O–H groups in total. The van der Waals surface area contributed by atoms with Gasteiger partial charge in [0.25, 0.3) is 0 Å². The van der Waals surface area contributed by atoms with Gasteiger partial charge in [-0.3, -0.25) is 0 Å². The maximum atomic E-state index is 11.0. The lowest BCUT2D eigenvalue weighted by molar-refractivity contribution is -0.0353. The van der Waals surface area contributed by atoms with Gasteiger partial charge in [-0.05, 0) is 51.0 Å². The molecule has 2 aliphatic carbocycles. The molecule has 1 saturated carbocycles. The number of nitrogens with zero attached hydrogens (tertiary/aromatic N) is 1. The van der Waals surface area contributed by atoms with E-state index in [0.717, 1.165) is 18.4 Å². The molecule has 4 heteroatoms. The van der Waals surface area contributed by atoms with Gasteiger partial charge in [-0.1, -0.05) is 19.9 Å². The predicted molar refractivity (Wildman–Crippen MR) is 78.7 cm³/mol. The second-order valence-corrected chi connectivity index (χ2v) is 7.26. The molecule has 19 heavy (non-hydrogen) atoms. The second-order valence-electron chi connectivity index (χ2n) is 7.08. The number of aliphatic hydroxyl groups is 2. The Bertz CT molecular complexity index is 418. The first kappa shape index (κ1) is 15.1. The van der Waals surface area contributed by atoms with E-state index in [1.165, 1.54) is 0 Å². The number of hydrogen-bond donors (Lipinski definition) is 2. The van der Waals surface area contributed by atoms with Gasteiger partial charge in [0, 0.05) is 18.3 Å². The highest BCUT2D eigenvalue weighted by Gasteiger charge is 2.53. The van der Waals surface area contributed by atoms with Gasteiger partial charge in [0.1, 0.15) is 0 Å². The van der Waals surface area contributed by atoms with Crippen LogP contribution in [0.15, 0.2) is 16.0 Å². The first-order chi connectivity index (χ1) is 8.65. The third-order valence-corrected chi connectivity index (χ3v) is 5.62. The Morgan fingerprint density at radius 1 is 1.26 bits per heavy atom. The summed E-state index contributed by atoms with van der Waals surface area (Å²) in [7, 11) is 0. The van der Waals surface area contributed by atoms with Crippen LogP contribution < -0.4 is 0 Å². The van der Waals surface area contributed by atoms with E-state index in [2.05, 4.69) is 11.3 Å². The average molecular weight is 283 g/mol. The Labute approximate surface area is 121 Å². The van der Waals surface area contributed by atoms with Crippen molar-refractivity contribution in [3.8, 4) is 0 Å². The first-order valence-electron chi connectivity index (χ1n) is 7.17. The molecule has 3 nitrogen and oxygen atoms in total. The van der Waals surface area contributed by atoms with Crippen LogP contribution in [0.2, 0.25) is 0 Å². The van der Waals surface area contributed by atoms with Crippen molar-refractivity contribution in [1.82, 2.24) is 0 Å². The van der Waals surface area contributed by atoms with Crippen LogP contribution in [0.3, 0.4) is 0 Å². The van der Waals surface area contributed by atoms with Crippen LogP contribution in [-0.4, -0.2) is 27.0 Å². The lowest BCUT2D eigenvalue weighted by Gasteiger charge is -2.52. The van der Waals surface area contributed by atoms with Crippen molar-refractivity contribution in [3.05, 3.63) is 11.6 Å². The van der Waals surface area contributed by atoms with Crippen molar-refractivity contribution in [2.45, 2.75) is 70.1 Å². The zero-order chi connectivity index (χ0) is 14.5. The van der Waals surface area contributed by atoms with Gasteiger partial charge >= 0.3 is 0 Å². The number of rotatable bonds is 2. The topological polar surface area (TPSA) is 52.8 Å². The van der Waals surface area contributed by atoms with Crippen LogP contribution >= 0.6 is 0 Å². The van der Waals surface area contributed by atoms with E-state index in [1.54, 1.807) is 0 Å². The fraction of sp³-hybridized carbons (Fsp3) is 0.867. The molecule has 1 fully saturated rings. The van der Waals surface area contributed by atoms with E-state index < -0.39 is 11.2 Å². The van der Waals surface area contributed by atoms with Crippen molar-refractivity contribution in [1.29, 1.82) is 0 Å². The summed E-state index contributed by atoms with van der Waals surface area (Å²) in [5.74, 6) is 0.288. The van der Waals surface area contributed by atoms with Gasteiger partial charge in [-0.25, -0.2) is 4.36 Å². The minimum atomic E-state index is -0.825. The minimum absolute atomic E-state index is 0.129. The summed E-state index contributed by atoms with van der Waals surface area (Å²) < 4.78 is 4.19. The van der Waals surface area contributed by atoms with E-state index in [9.17, 15) is 10.2 Å². The van der Waals surface area contributed by atoms with Crippen LogP contribution in [0.25, 0.3) is 0 Å². The molecule has 0 heterocycles. The van der Waals surface area contributed by atoms with Gasteiger partial charge in [0.2, 0.25) is 0 Å². The van der Waals surface area contributed by atoms with Gasteiger partial charge in [-0.2, -0.15) is 0 Å². The quantitative estimate of drug-likeness (QED) is 0.766. The molecular formula is C15H25NO2S. The molecule has 0 aromatic heterocycles. The highest BCUT2D eigenvalue weighted by molar-refractivity contribution is 7.47. The standard InChI is InChI=1S/C15H25NO2S/c1-10(2)15(18)8-7-14(4,16-19)11-5-6-13(3,17)9-12(11)15/h9-11,17-18H,5-8H2,1-4H3/t11-,13+,14+,15+/m1/s1. The lowest BCUT2D eigenvalue weighted by atomic mass is 9.57. The van der Waals surface area contributed by atoms with Crippen molar-refractivity contribution >= 4 is 12.4 Å². The summed E-state index contributed by atoms with van der Waals surface area (Å²) in [6.45, 7) is 7.97. The summed E-state index contributed by atoms with van der Waals surface area (Å²) >= 11 is 5.01. The molecule has 0 bridgehead atoms. The molecule has 2 aliphatic rings. The van der Waals surface area contributed by atoms with Gasteiger partial charge in [0.05, 0.1) is 16.7 Å². The van der Waals surface area contributed by atoms with E-state index in [4.69, 9.17) is 12.4 Å². The van der Waals surface area contributed by atoms with Crippen LogP contribution in [0.5, 0.6) is 0 Å². The van der Waals surface area contributed by atoms with Crippen molar-refractivity contribution < 1.29 is 10.2 Å². The largest absolute Gasteiger partial charge is 0.386 e. The van der Waals surface area contributed by atoms with Crippen LogP contribution in [0, 0.1) is 11.8 Å². The summed E-state index contributed by atoms with van der Waals surface area (Å²) in [5, 5.41) is 21.4. The lowest BCUT2D eigenvalue weighted by Crippen LogP contribution is -2.54. The molecule has 4 atom stereocenters. The predicted octanol–water partition coefficient (Wildman–Crippen LogP) is 2.74. The third kappa shape index (κ3) is 2.39. The molecule has 0 aromatic rings. The second kappa shape index (κ2) is 4.61. The Hall–Kier alpha value is -0.320. The Kier molecular flexibility index (Phi) is 3.65. The summed E-state index contributed by atoms with van der Waals surface area (Å²) in [5.41, 5.74) is -0.969. The summed E-state index contributed by atoms with van der Waals surface area (Å²) in [6.07, 6.45) is 4.90. The van der Waals surface area contributed by atoms with Gasteiger partial charge in [-0.15, -0.1) is 0 Å². The smallest absolute Gasteiger partial charge is 0.0885 e. The maximum absolute atomic E-state index is 11.0. The molecule has 0 aromatic carbocycles. The highest BCUT2D eigenvalue weighted by atomic mass is 32.1. The van der Waals surface area contributed by atoms with Crippen molar-refractivity contribution in [2.24, 2.45) is 16.2 Å². The zero-order valence-electron chi connectivity index (χ0n) is 12.3. The summed E-state index contributed by atoms with van der Waals surface area (Å²) in [4.78, 5) is 0. The number of fused-ring (bicyclic) bond motifs is 1. The summed E-state index contributed by atoms with van der Waals surface area (Å²) in [6, 6.07) is 0. The van der Waals surface area contributed by atoms with E-state index in [-0.39, 0.29) is 17.4 Å². The normalized spacial score (nSPS) is 46.7. The minimum Gasteiger partial charge on any atom is -0.386 e. The van der Waals surface area contributed by atoms with Crippen LogP contribution in [0.4, 0.5) is 0 Å². The fourth-order valence-electron chi connectivity index (χ4n) is 3.67. The van der Waals surface area contributed by atoms with Crippen molar-refractivity contribution in [3.63, 3.8) is 0 Å². The van der Waals surface area contributed by atoms with Gasteiger partial charge < -0.3 is 10.2 Å². The molecule has 0 spiro atoms. The highest BCUT2D eigenvalue weighted by Crippen LogP contribution is 2.52. The Morgan fingerprint density at radius 3 is 2.42 bits per heavy atom. The van der Waals surface area contributed by atoms with E-state index in [0.29, 0.717) is 12.8 Å². The third-order valence-electron chi connectivity index (χ3n) is 5.21. The molecule has 108 valence electrons. The van der Waals surface area contributed by atoms with E-state index >= 15 is 0 Å². The molecule has 0 amide bonds. The molecule has 2 rings (SSSR count). The van der Waals surface area contributed by atoms with E-state index in [1.807, 2.05) is 26.8 Å². The molecule has 0 radical (unpaired) electrons. The molecule has 0 unspecified atom stereocenters. The van der Waals surface area contributed by atoms with Gasteiger partial charge in [0.15, 0.2) is 0 Å².